The fourth-order valence-electron chi connectivity index (χ4n) is 7.66. The van der Waals surface area contributed by atoms with Gasteiger partial charge in [-0.25, -0.2) is 9.69 Å². The summed E-state index contributed by atoms with van der Waals surface area (Å²) < 4.78 is 10.6. The van der Waals surface area contributed by atoms with Crippen molar-refractivity contribution in [3.05, 3.63) is 54.0 Å². The molecular weight excluding hydrogens is 472 g/mol. The highest BCUT2D eigenvalue weighted by Gasteiger charge is 2.57. The van der Waals surface area contributed by atoms with Crippen molar-refractivity contribution in [2.75, 3.05) is 11.5 Å². The molecule has 194 valence electrons. The first-order valence-electron chi connectivity index (χ1n) is 13.3. The molecule has 1 saturated heterocycles. The lowest BCUT2D eigenvalue weighted by molar-refractivity contribution is -0.162. The number of carbonyl (C=O) groups is 4. The van der Waals surface area contributed by atoms with E-state index in [1.54, 1.807) is 54.5 Å². The standard InChI is InChI=1S/C29H32N2O6/c1-2-36-27(34)21-5-7-22(8-6-21)31-25(32)13-24(26(31)33)30(17-23-4-3-9-37-23)28(35)29-14-18-10-19(15-29)12-20(11-18)16-29/h3-9,18-20,24H,2,10-17H2,1H3. The Morgan fingerprint density at radius 3 is 2.24 bits per heavy atom. The van der Waals surface area contributed by atoms with Gasteiger partial charge in [-0.05, 0) is 99.6 Å². The Labute approximate surface area is 215 Å². The van der Waals surface area contributed by atoms with Crippen molar-refractivity contribution >= 4 is 29.4 Å². The summed E-state index contributed by atoms with van der Waals surface area (Å²) in [5.74, 6) is 1.09. The normalized spacial score (nSPS) is 30.1. The van der Waals surface area contributed by atoms with Crippen LogP contribution in [0.1, 0.15) is 68.0 Å². The van der Waals surface area contributed by atoms with Gasteiger partial charge in [0, 0.05) is 0 Å². The minimum atomic E-state index is -0.886. The zero-order valence-corrected chi connectivity index (χ0v) is 21.1. The van der Waals surface area contributed by atoms with Crippen molar-refractivity contribution in [3.8, 4) is 0 Å². The van der Waals surface area contributed by atoms with Crippen molar-refractivity contribution in [1.29, 1.82) is 0 Å². The SMILES string of the molecule is CCOC(=O)c1ccc(N2C(=O)CC(N(Cc3ccco3)C(=O)C34CC5CC(CC(C5)C3)C4)C2=O)cc1. The number of imide groups is 1. The highest BCUT2D eigenvalue weighted by Crippen LogP contribution is 2.60. The Morgan fingerprint density at radius 1 is 1.03 bits per heavy atom. The van der Waals surface area contributed by atoms with E-state index < -0.39 is 23.3 Å². The summed E-state index contributed by atoms with van der Waals surface area (Å²) in [4.78, 5) is 56.0. The van der Waals surface area contributed by atoms with Crippen molar-refractivity contribution < 1.29 is 28.3 Å². The molecule has 1 aromatic heterocycles. The number of amides is 3. The van der Waals surface area contributed by atoms with Gasteiger partial charge < -0.3 is 14.1 Å². The second-order valence-corrected chi connectivity index (χ2v) is 11.3. The Hall–Kier alpha value is -3.42. The van der Waals surface area contributed by atoms with Crippen LogP contribution in [0.25, 0.3) is 0 Å². The molecular formula is C29H32N2O6. The number of rotatable bonds is 7. The predicted molar refractivity (Wildman–Crippen MR) is 133 cm³/mol. The van der Waals surface area contributed by atoms with Crippen molar-refractivity contribution in [1.82, 2.24) is 4.90 Å². The van der Waals surface area contributed by atoms with Crippen LogP contribution < -0.4 is 4.90 Å². The number of benzene rings is 1. The summed E-state index contributed by atoms with van der Waals surface area (Å²) >= 11 is 0. The summed E-state index contributed by atoms with van der Waals surface area (Å²) in [5.41, 5.74) is 0.280. The van der Waals surface area contributed by atoms with Crippen LogP contribution in [0.4, 0.5) is 5.69 Å². The van der Waals surface area contributed by atoms with Gasteiger partial charge in [-0.15, -0.1) is 0 Å². The van der Waals surface area contributed by atoms with E-state index in [-0.39, 0.29) is 31.4 Å². The Bertz CT molecular complexity index is 1180. The van der Waals surface area contributed by atoms with E-state index >= 15 is 0 Å². The van der Waals surface area contributed by atoms with Crippen LogP contribution in [0.5, 0.6) is 0 Å². The topological polar surface area (TPSA) is 97.1 Å². The molecule has 2 heterocycles. The number of furan rings is 1. The highest BCUT2D eigenvalue weighted by atomic mass is 16.5. The van der Waals surface area contributed by atoms with Gasteiger partial charge in [0.15, 0.2) is 0 Å². The zero-order chi connectivity index (χ0) is 25.7. The number of carbonyl (C=O) groups excluding carboxylic acids is 4. The van der Waals surface area contributed by atoms with Gasteiger partial charge in [-0.2, -0.15) is 0 Å². The molecule has 0 radical (unpaired) electrons. The van der Waals surface area contributed by atoms with Crippen LogP contribution in [0.15, 0.2) is 47.1 Å². The summed E-state index contributed by atoms with van der Waals surface area (Å²) in [6.07, 6.45) is 7.74. The van der Waals surface area contributed by atoms with Gasteiger partial charge in [-0.1, -0.05) is 0 Å². The van der Waals surface area contributed by atoms with Crippen LogP contribution in [0.3, 0.4) is 0 Å². The fourth-order valence-corrected chi connectivity index (χ4v) is 7.66. The summed E-state index contributed by atoms with van der Waals surface area (Å²) in [5, 5.41) is 0. The molecule has 1 atom stereocenters. The first-order chi connectivity index (χ1) is 17.9. The van der Waals surface area contributed by atoms with Gasteiger partial charge in [0.1, 0.15) is 11.8 Å². The zero-order valence-electron chi connectivity index (χ0n) is 21.1. The maximum atomic E-state index is 14.3. The maximum absolute atomic E-state index is 14.3. The number of hydrogen-bond acceptors (Lipinski definition) is 6. The molecule has 2 aromatic rings. The van der Waals surface area contributed by atoms with Crippen LogP contribution in [0, 0.1) is 23.2 Å². The van der Waals surface area contributed by atoms with Crippen molar-refractivity contribution in [2.24, 2.45) is 23.2 Å². The minimum absolute atomic E-state index is 0.00587. The molecule has 5 aliphatic rings. The van der Waals surface area contributed by atoms with Crippen LogP contribution in [-0.4, -0.2) is 41.2 Å². The first kappa shape index (κ1) is 23.9. The number of ether oxygens (including phenoxy) is 1. The molecule has 37 heavy (non-hydrogen) atoms. The Balaban J connectivity index is 1.28. The monoisotopic (exact) mass is 504 g/mol. The van der Waals surface area contributed by atoms with E-state index in [0.29, 0.717) is 34.8 Å². The maximum Gasteiger partial charge on any atom is 0.338 e. The van der Waals surface area contributed by atoms with Gasteiger partial charge in [-0.3, -0.25) is 14.4 Å². The number of hydrogen-bond donors (Lipinski definition) is 0. The molecule has 4 aliphatic carbocycles. The molecule has 4 saturated carbocycles. The van der Waals surface area contributed by atoms with E-state index in [1.807, 2.05) is 0 Å². The third kappa shape index (κ3) is 4.16. The van der Waals surface area contributed by atoms with Gasteiger partial charge in [0.25, 0.3) is 5.91 Å². The van der Waals surface area contributed by atoms with Gasteiger partial charge in [0.2, 0.25) is 11.8 Å². The number of esters is 1. The third-order valence-corrected chi connectivity index (χ3v) is 8.79. The Kier molecular flexibility index (Phi) is 5.92. The summed E-state index contributed by atoms with van der Waals surface area (Å²) in [6.45, 7) is 2.15. The van der Waals surface area contributed by atoms with Gasteiger partial charge >= 0.3 is 5.97 Å². The summed E-state index contributed by atoms with van der Waals surface area (Å²) in [6, 6.07) is 8.91. The van der Waals surface area contributed by atoms with Crippen molar-refractivity contribution in [2.45, 2.75) is 64.5 Å². The lowest BCUT2D eigenvalue weighted by atomic mass is 9.49. The molecule has 3 amide bonds. The van der Waals surface area contributed by atoms with E-state index in [4.69, 9.17) is 9.15 Å². The van der Waals surface area contributed by atoms with Crippen LogP contribution in [-0.2, 0) is 25.7 Å². The molecule has 7 rings (SSSR count). The lowest BCUT2D eigenvalue weighted by Gasteiger charge is -2.56. The van der Waals surface area contributed by atoms with Crippen LogP contribution >= 0.6 is 0 Å². The Morgan fingerprint density at radius 2 is 1.68 bits per heavy atom. The lowest BCUT2D eigenvalue weighted by Crippen LogP contribution is -2.57. The predicted octanol–water partition coefficient (Wildman–Crippen LogP) is 4.33. The van der Waals surface area contributed by atoms with E-state index in [1.165, 1.54) is 19.3 Å². The smallest absolute Gasteiger partial charge is 0.338 e. The van der Waals surface area contributed by atoms with Crippen LogP contribution in [0.2, 0.25) is 0 Å². The van der Waals surface area contributed by atoms with E-state index in [2.05, 4.69) is 0 Å². The molecule has 5 fully saturated rings. The molecule has 1 unspecified atom stereocenters. The highest BCUT2D eigenvalue weighted by molar-refractivity contribution is 6.23. The second-order valence-electron chi connectivity index (χ2n) is 11.3. The average molecular weight is 505 g/mol. The van der Waals surface area contributed by atoms with E-state index in [0.717, 1.165) is 24.2 Å². The average Bonchev–Trinajstić information content (AvgIpc) is 3.49. The minimum Gasteiger partial charge on any atom is -0.467 e. The third-order valence-electron chi connectivity index (χ3n) is 8.79. The number of nitrogens with zero attached hydrogens (tertiary/aromatic N) is 2. The summed E-state index contributed by atoms with van der Waals surface area (Å²) in [7, 11) is 0. The molecule has 8 nitrogen and oxygen atoms in total. The second kappa shape index (κ2) is 9.15. The first-order valence-corrected chi connectivity index (χ1v) is 13.3. The molecule has 0 N–H and O–H groups in total. The largest absolute Gasteiger partial charge is 0.467 e. The quantitative estimate of drug-likeness (QED) is 0.411. The van der Waals surface area contributed by atoms with E-state index in [9.17, 15) is 19.2 Å². The molecule has 1 aromatic carbocycles. The van der Waals surface area contributed by atoms with Crippen molar-refractivity contribution in [3.63, 3.8) is 0 Å². The number of anilines is 1. The fraction of sp³-hybridized carbons (Fsp3) is 0.517. The molecule has 8 heteroatoms. The van der Waals surface area contributed by atoms with Gasteiger partial charge in [0.05, 0.1) is 42.5 Å². The molecule has 4 bridgehead atoms. The molecule has 1 aliphatic heterocycles. The molecule has 0 spiro atoms.